The Kier molecular flexibility index (Phi) is 6.79. The van der Waals surface area contributed by atoms with E-state index in [9.17, 15) is 9.59 Å². The Hall–Kier alpha value is -2.89. The lowest BCUT2D eigenvalue weighted by molar-refractivity contribution is -0.132. The maximum absolute atomic E-state index is 12.3. The predicted octanol–water partition coefficient (Wildman–Crippen LogP) is 2.66. The number of piperidine rings is 1. The lowest BCUT2D eigenvalue weighted by Crippen LogP contribution is -2.46. The van der Waals surface area contributed by atoms with Gasteiger partial charge in [0.15, 0.2) is 0 Å². The van der Waals surface area contributed by atoms with Crippen molar-refractivity contribution >= 4 is 11.8 Å². The zero-order valence-corrected chi connectivity index (χ0v) is 15.3. The number of nitrogens with zero attached hydrogens (tertiary/aromatic N) is 2. The molecule has 6 heteroatoms. The number of para-hydroxylation sites is 1. The van der Waals surface area contributed by atoms with Crippen LogP contribution < -0.4 is 10.1 Å². The number of pyridine rings is 1. The molecule has 3 rings (SSSR count). The zero-order valence-electron chi connectivity index (χ0n) is 15.3. The molecule has 2 amide bonds. The number of hydrogen-bond donors (Lipinski definition) is 1. The van der Waals surface area contributed by atoms with Gasteiger partial charge in [-0.15, -0.1) is 0 Å². The van der Waals surface area contributed by atoms with Crippen molar-refractivity contribution in [1.29, 1.82) is 0 Å². The highest BCUT2D eigenvalue weighted by molar-refractivity contribution is 5.94. The second kappa shape index (κ2) is 9.71. The molecule has 0 unspecified atom stereocenters. The van der Waals surface area contributed by atoms with Gasteiger partial charge in [-0.05, 0) is 43.5 Å². The van der Waals surface area contributed by atoms with E-state index in [1.807, 2.05) is 35.2 Å². The summed E-state index contributed by atoms with van der Waals surface area (Å²) in [4.78, 5) is 30.3. The van der Waals surface area contributed by atoms with Crippen LogP contribution in [0.1, 0.15) is 36.0 Å². The Balaban J connectivity index is 1.33. The van der Waals surface area contributed by atoms with Crippen LogP contribution in [0.2, 0.25) is 0 Å². The van der Waals surface area contributed by atoms with Crippen LogP contribution in [0.25, 0.3) is 0 Å². The molecule has 0 radical (unpaired) electrons. The molecule has 1 aromatic carbocycles. The fourth-order valence-electron chi connectivity index (χ4n) is 3.13. The number of nitrogens with one attached hydrogen (secondary N) is 1. The second-order valence-corrected chi connectivity index (χ2v) is 6.63. The van der Waals surface area contributed by atoms with Gasteiger partial charge >= 0.3 is 0 Å². The van der Waals surface area contributed by atoms with Gasteiger partial charge in [-0.2, -0.15) is 0 Å². The summed E-state index contributed by atoms with van der Waals surface area (Å²) in [5, 5.41) is 3.04. The van der Waals surface area contributed by atoms with Gasteiger partial charge in [-0.25, -0.2) is 0 Å². The highest BCUT2D eigenvalue weighted by atomic mass is 16.5. The van der Waals surface area contributed by atoms with Gasteiger partial charge in [0.1, 0.15) is 5.75 Å². The molecule has 2 aromatic rings. The summed E-state index contributed by atoms with van der Waals surface area (Å²) in [6.07, 6.45) is 5.97. The molecule has 0 spiro atoms. The van der Waals surface area contributed by atoms with Gasteiger partial charge < -0.3 is 15.0 Å². The molecular weight excluding hydrogens is 342 g/mol. The first-order valence-corrected chi connectivity index (χ1v) is 9.39. The quantitative estimate of drug-likeness (QED) is 0.764. The molecule has 1 saturated heterocycles. The highest BCUT2D eigenvalue weighted by Crippen LogP contribution is 2.14. The Bertz CT molecular complexity index is 729. The number of carbonyl (C=O) groups excluding carboxylic acids is 2. The normalized spacial score (nSPS) is 14.6. The van der Waals surface area contributed by atoms with Crippen molar-refractivity contribution in [2.24, 2.45) is 0 Å². The maximum atomic E-state index is 12.3. The molecule has 0 bridgehead atoms. The average Bonchev–Trinajstić information content (AvgIpc) is 2.73. The largest absolute Gasteiger partial charge is 0.494 e. The molecule has 142 valence electrons. The van der Waals surface area contributed by atoms with Crippen LogP contribution in [0.3, 0.4) is 0 Å². The van der Waals surface area contributed by atoms with Crippen molar-refractivity contribution < 1.29 is 14.3 Å². The molecule has 1 aliphatic rings. The number of benzene rings is 1. The van der Waals surface area contributed by atoms with Crippen LogP contribution in [-0.2, 0) is 4.79 Å². The molecule has 1 aromatic heterocycles. The van der Waals surface area contributed by atoms with Crippen molar-refractivity contribution in [3.05, 3.63) is 60.4 Å². The summed E-state index contributed by atoms with van der Waals surface area (Å²) in [6, 6.07) is 13.1. The Morgan fingerprint density at radius 1 is 1.07 bits per heavy atom. The lowest BCUT2D eigenvalue weighted by atomic mass is 10.0. The molecule has 0 atom stereocenters. The van der Waals surface area contributed by atoms with Gasteiger partial charge in [0, 0.05) is 43.5 Å². The van der Waals surface area contributed by atoms with Gasteiger partial charge in [-0.3, -0.25) is 14.6 Å². The standard InChI is InChI=1S/C21H25N3O3/c25-20(7-4-16-27-19-5-2-1-3-6-19)24-14-10-18(11-15-24)23-21(26)17-8-12-22-13-9-17/h1-3,5-6,8-9,12-13,18H,4,7,10-11,14-16H2,(H,23,26). The first kappa shape index (κ1) is 18.9. The van der Waals surface area contributed by atoms with Crippen LogP contribution in [0, 0.1) is 0 Å². The number of aromatic nitrogens is 1. The summed E-state index contributed by atoms with van der Waals surface area (Å²) >= 11 is 0. The third-order valence-electron chi connectivity index (χ3n) is 4.67. The van der Waals surface area contributed by atoms with E-state index in [2.05, 4.69) is 10.3 Å². The van der Waals surface area contributed by atoms with Crippen molar-refractivity contribution in [3.63, 3.8) is 0 Å². The number of likely N-dealkylation sites (tertiary alicyclic amines) is 1. The average molecular weight is 367 g/mol. The zero-order chi connectivity index (χ0) is 18.9. The van der Waals surface area contributed by atoms with E-state index in [-0.39, 0.29) is 17.9 Å². The van der Waals surface area contributed by atoms with Crippen molar-refractivity contribution in [2.75, 3.05) is 19.7 Å². The second-order valence-electron chi connectivity index (χ2n) is 6.63. The number of amides is 2. The van der Waals surface area contributed by atoms with E-state index < -0.39 is 0 Å². The summed E-state index contributed by atoms with van der Waals surface area (Å²) < 4.78 is 5.62. The van der Waals surface area contributed by atoms with E-state index in [1.54, 1.807) is 24.5 Å². The summed E-state index contributed by atoms with van der Waals surface area (Å²) in [5.41, 5.74) is 0.613. The fourth-order valence-corrected chi connectivity index (χ4v) is 3.13. The van der Waals surface area contributed by atoms with Crippen molar-refractivity contribution in [2.45, 2.75) is 31.7 Å². The highest BCUT2D eigenvalue weighted by Gasteiger charge is 2.23. The lowest BCUT2D eigenvalue weighted by Gasteiger charge is -2.32. The van der Waals surface area contributed by atoms with E-state index in [1.165, 1.54) is 0 Å². The van der Waals surface area contributed by atoms with Gasteiger partial charge in [0.2, 0.25) is 5.91 Å². The molecule has 0 aliphatic carbocycles. The Morgan fingerprint density at radius 2 is 1.78 bits per heavy atom. The SMILES string of the molecule is O=C(NC1CCN(C(=O)CCCOc2ccccc2)CC1)c1ccncc1. The van der Waals surface area contributed by atoms with E-state index >= 15 is 0 Å². The topological polar surface area (TPSA) is 71.5 Å². The van der Waals surface area contributed by atoms with Crippen molar-refractivity contribution in [1.82, 2.24) is 15.2 Å². The first-order chi connectivity index (χ1) is 13.2. The van der Waals surface area contributed by atoms with E-state index in [0.717, 1.165) is 18.6 Å². The summed E-state index contributed by atoms with van der Waals surface area (Å²) in [7, 11) is 0. The predicted molar refractivity (Wildman–Crippen MR) is 102 cm³/mol. The fraction of sp³-hybridized carbons (Fsp3) is 0.381. The van der Waals surface area contributed by atoms with Crippen LogP contribution in [0.15, 0.2) is 54.9 Å². The maximum Gasteiger partial charge on any atom is 0.251 e. The smallest absolute Gasteiger partial charge is 0.251 e. The Morgan fingerprint density at radius 3 is 2.48 bits per heavy atom. The minimum Gasteiger partial charge on any atom is -0.494 e. The molecule has 2 heterocycles. The molecule has 6 nitrogen and oxygen atoms in total. The number of carbonyl (C=O) groups is 2. The third-order valence-corrected chi connectivity index (χ3v) is 4.67. The van der Waals surface area contributed by atoms with Gasteiger partial charge in [-0.1, -0.05) is 18.2 Å². The van der Waals surface area contributed by atoms with Crippen LogP contribution in [0.4, 0.5) is 0 Å². The van der Waals surface area contributed by atoms with Gasteiger partial charge in [0.05, 0.1) is 6.61 Å². The molecule has 27 heavy (non-hydrogen) atoms. The monoisotopic (exact) mass is 367 g/mol. The van der Waals surface area contributed by atoms with Crippen LogP contribution in [0.5, 0.6) is 5.75 Å². The van der Waals surface area contributed by atoms with Crippen LogP contribution >= 0.6 is 0 Å². The minimum atomic E-state index is -0.0831. The van der Waals surface area contributed by atoms with Gasteiger partial charge in [0.25, 0.3) is 5.91 Å². The molecule has 1 fully saturated rings. The third kappa shape index (κ3) is 5.81. The van der Waals surface area contributed by atoms with E-state index in [4.69, 9.17) is 4.74 Å². The summed E-state index contributed by atoms with van der Waals surface area (Å²) in [6.45, 7) is 1.90. The Labute approximate surface area is 159 Å². The number of ether oxygens (including phenoxy) is 1. The molecule has 1 aliphatic heterocycles. The number of hydrogen-bond acceptors (Lipinski definition) is 4. The summed E-state index contributed by atoms with van der Waals surface area (Å²) in [5.74, 6) is 0.904. The van der Waals surface area contributed by atoms with Crippen molar-refractivity contribution in [3.8, 4) is 5.75 Å². The minimum absolute atomic E-state index is 0.0831. The molecule has 0 saturated carbocycles. The van der Waals surface area contributed by atoms with Crippen LogP contribution in [-0.4, -0.2) is 47.4 Å². The molecular formula is C21H25N3O3. The molecule has 1 N–H and O–H groups in total. The first-order valence-electron chi connectivity index (χ1n) is 9.39. The number of rotatable bonds is 7. The van der Waals surface area contributed by atoms with E-state index in [0.29, 0.717) is 38.1 Å².